The van der Waals surface area contributed by atoms with Gasteiger partial charge in [-0.25, -0.2) is 0 Å². The van der Waals surface area contributed by atoms with Crippen molar-refractivity contribution in [3.05, 3.63) is 0 Å². The van der Waals surface area contributed by atoms with Crippen LogP contribution in [0.4, 0.5) is 0 Å². The van der Waals surface area contributed by atoms with Crippen LogP contribution in [-0.2, 0) is 14.3 Å². The third kappa shape index (κ3) is 3.80. The molecule has 5 heteroatoms. The molecule has 126 valence electrons. The van der Waals surface area contributed by atoms with Gasteiger partial charge in [0.1, 0.15) is 0 Å². The summed E-state index contributed by atoms with van der Waals surface area (Å²) >= 11 is 0. The molecule has 5 nitrogen and oxygen atoms in total. The molecule has 2 amide bonds. The van der Waals surface area contributed by atoms with Crippen LogP contribution in [0.5, 0.6) is 0 Å². The molecule has 2 aliphatic rings. The van der Waals surface area contributed by atoms with E-state index in [1.807, 2.05) is 6.92 Å². The molecule has 2 rings (SSSR count). The monoisotopic (exact) mass is 310 g/mol. The van der Waals surface area contributed by atoms with Crippen molar-refractivity contribution in [1.29, 1.82) is 0 Å². The van der Waals surface area contributed by atoms with Crippen LogP contribution in [-0.4, -0.2) is 37.1 Å². The fourth-order valence-electron chi connectivity index (χ4n) is 3.57. The largest absolute Gasteiger partial charge is 0.378 e. The van der Waals surface area contributed by atoms with Crippen molar-refractivity contribution >= 4 is 11.8 Å². The Hall–Kier alpha value is -1.10. The maximum Gasteiger partial charge on any atom is 0.239 e. The van der Waals surface area contributed by atoms with Gasteiger partial charge in [-0.1, -0.05) is 20.3 Å². The molecule has 0 radical (unpaired) electrons. The molecule has 0 heterocycles. The topological polar surface area (TPSA) is 67.4 Å². The van der Waals surface area contributed by atoms with Gasteiger partial charge in [0.2, 0.25) is 11.8 Å². The van der Waals surface area contributed by atoms with Gasteiger partial charge >= 0.3 is 0 Å². The van der Waals surface area contributed by atoms with Gasteiger partial charge in [0.15, 0.2) is 0 Å². The van der Waals surface area contributed by atoms with Crippen LogP contribution >= 0.6 is 0 Å². The lowest BCUT2D eigenvalue weighted by Gasteiger charge is -2.61. The lowest BCUT2D eigenvalue weighted by Crippen LogP contribution is -2.68. The molecule has 2 aliphatic carbocycles. The van der Waals surface area contributed by atoms with Crippen molar-refractivity contribution in [2.24, 2.45) is 11.3 Å². The molecule has 0 bridgehead atoms. The molecule has 0 aromatic carbocycles. The van der Waals surface area contributed by atoms with Crippen molar-refractivity contribution in [2.75, 3.05) is 13.2 Å². The summed E-state index contributed by atoms with van der Waals surface area (Å²) in [5.41, 5.74) is 0.174. The number of hydrogen-bond donors (Lipinski definition) is 2. The van der Waals surface area contributed by atoms with Crippen LogP contribution in [0.1, 0.15) is 59.3 Å². The zero-order valence-electron chi connectivity index (χ0n) is 14.1. The number of nitrogens with one attached hydrogen (secondary N) is 2. The number of ether oxygens (including phenoxy) is 1. The first kappa shape index (κ1) is 17.3. The smallest absolute Gasteiger partial charge is 0.239 e. The van der Waals surface area contributed by atoms with E-state index < -0.39 is 0 Å². The van der Waals surface area contributed by atoms with E-state index in [1.54, 1.807) is 0 Å². The summed E-state index contributed by atoms with van der Waals surface area (Å²) in [6.45, 7) is 7.01. The number of hydrogen-bond acceptors (Lipinski definition) is 3. The Labute approximate surface area is 133 Å². The normalized spacial score (nSPS) is 25.5. The Morgan fingerprint density at radius 2 is 2.00 bits per heavy atom. The van der Waals surface area contributed by atoms with Crippen LogP contribution in [0.3, 0.4) is 0 Å². The molecule has 0 aromatic rings. The first-order valence-corrected chi connectivity index (χ1v) is 8.65. The molecule has 0 aliphatic heterocycles. The summed E-state index contributed by atoms with van der Waals surface area (Å²) in [5.74, 6) is 0.385. The second-order valence-electron chi connectivity index (χ2n) is 7.10. The Bertz CT molecular complexity index is 405. The summed E-state index contributed by atoms with van der Waals surface area (Å²) < 4.78 is 5.78. The standard InChI is InChI=1S/C17H30N2O3/c1-4-22-14-10-13(17(14)8-5-9-17)19-16(21)11-18-15(20)7-6-12(2)3/h12-14H,4-11H2,1-3H3,(H,18,20)(H,19,21). The summed E-state index contributed by atoms with van der Waals surface area (Å²) in [4.78, 5) is 23.7. The van der Waals surface area contributed by atoms with Gasteiger partial charge < -0.3 is 15.4 Å². The predicted molar refractivity (Wildman–Crippen MR) is 85.3 cm³/mol. The molecule has 2 unspecified atom stereocenters. The van der Waals surface area contributed by atoms with E-state index in [-0.39, 0.29) is 29.8 Å². The van der Waals surface area contributed by atoms with Crippen LogP contribution in [0.25, 0.3) is 0 Å². The van der Waals surface area contributed by atoms with Gasteiger partial charge in [-0.05, 0) is 38.5 Å². The lowest BCUT2D eigenvalue weighted by molar-refractivity contribution is -0.175. The van der Waals surface area contributed by atoms with Crippen molar-refractivity contribution < 1.29 is 14.3 Å². The molecule has 2 atom stereocenters. The highest BCUT2D eigenvalue weighted by Gasteiger charge is 2.59. The fourth-order valence-corrected chi connectivity index (χ4v) is 3.57. The van der Waals surface area contributed by atoms with Gasteiger partial charge in [0.05, 0.1) is 12.6 Å². The highest BCUT2D eigenvalue weighted by Crippen LogP contribution is 2.57. The summed E-state index contributed by atoms with van der Waals surface area (Å²) in [6, 6.07) is 0.220. The van der Waals surface area contributed by atoms with Crippen LogP contribution < -0.4 is 10.6 Å². The van der Waals surface area contributed by atoms with Gasteiger partial charge in [-0.2, -0.15) is 0 Å². The van der Waals surface area contributed by atoms with E-state index in [2.05, 4.69) is 24.5 Å². The Kier molecular flexibility index (Phi) is 5.84. The van der Waals surface area contributed by atoms with Crippen LogP contribution in [0.2, 0.25) is 0 Å². The highest BCUT2D eigenvalue weighted by molar-refractivity contribution is 5.84. The number of carbonyl (C=O) groups is 2. The lowest BCUT2D eigenvalue weighted by atomic mass is 9.51. The number of amides is 2. The molecule has 2 N–H and O–H groups in total. The predicted octanol–water partition coefficient (Wildman–Crippen LogP) is 2.00. The van der Waals surface area contributed by atoms with E-state index in [9.17, 15) is 9.59 Å². The van der Waals surface area contributed by atoms with Gasteiger partial charge in [-0.15, -0.1) is 0 Å². The van der Waals surface area contributed by atoms with Crippen LogP contribution in [0.15, 0.2) is 0 Å². The second-order valence-corrected chi connectivity index (χ2v) is 7.10. The third-order valence-electron chi connectivity index (χ3n) is 5.17. The van der Waals surface area contributed by atoms with E-state index in [1.165, 1.54) is 6.42 Å². The summed E-state index contributed by atoms with van der Waals surface area (Å²) in [6.07, 6.45) is 6.06. The number of carbonyl (C=O) groups excluding carboxylic acids is 2. The zero-order valence-corrected chi connectivity index (χ0v) is 14.1. The Morgan fingerprint density at radius 1 is 1.27 bits per heavy atom. The maximum atomic E-state index is 12.0. The number of rotatable bonds is 8. The molecule has 0 saturated heterocycles. The minimum atomic E-state index is -0.0795. The fraction of sp³-hybridized carbons (Fsp3) is 0.882. The highest BCUT2D eigenvalue weighted by atomic mass is 16.5. The van der Waals surface area contributed by atoms with Gasteiger partial charge in [-0.3, -0.25) is 9.59 Å². The molecule has 22 heavy (non-hydrogen) atoms. The quantitative estimate of drug-likeness (QED) is 0.720. The minimum absolute atomic E-state index is 0.0389. The molecule has 2 saturated carbocycles. The molecule has 2 fully saturated rings. The third-order valence-corrected chi connectivity index (χ3v) is 5.17. The van der Waals surface area contributed by atoms with Gasteiger partial charge in [0, 0.05) is 24.5 Å². The van der Waals surface area contributed by atoms with Crippen LogP contribution in [0, 0.1) is 11.3 Å². The van der Waals surface area contributed by atoms with E-state index in [0.29, 0.717) is 18.4 Å². The first-order valence-electron chi connectivity index (χ1n) is 8.65. The molecule has 0 aromatic heterocycles. The van der Waals surface area contributed by atoms with Crippen molar-refractivity contribution in [2.45, 2.75) is 71.4 Å². The van der Waals surface area contributed by atoms with Gasteiger partial charge in [0.25, 0.3) is 0 Å². The molecule has 1 spiro atoms. The van der Waals surface area contributed by atoms with E-state index in [4.69, 9.17) is 4.74 Å². The molecular weight excluding hydrogens is 280 g/mol. The zero-order chi connectivity index (χ0) is 16.2. The average Bonchev–Trinajstić information content (AvgIpc) is 2.39. The Balaban J connectivity index is 1.68. The first-order chi connectivity index (χ1) is 10.5. The van der Waals surface area contributed by atoms with Crippen molar-refractivity contribution in [1.82, 2.24) is 10.6 Å². The van der Waals surface area contributed by atoms with E-state index >= 15 is 0 Å². The SMILES string of the molecule is CCOC1CC(NC(=O)CNC(=O)CCC(C)C)C12CCC2. The van der Waals surface area contributed by atoms with E-state index in [0.717, 1.165) is 32.3 Å². The maximum absolute atomic E-state index is 12.0. The average molecular weight is 310 g/mol. The minimum Gasteiger partial charge on any atom is -0.378 e. The Morgan fingerprint density at radius 3 is 2.55 bits per heavy atom. The summed E-state index contributed by atoms with van der Waals surface area (Å²) in [7, 11) is 0. The van der Waals surface area contributed by atoms with Crippen molar-refractivity contribution in [3.8, 4) is 0 Å². The summed E-state index contributed by atoms with van der Waals surface area (Å²) in [5, 5.41) is 5.79. The molecular formula is C17H30N2O3. The second kappa shape index (κ2) is 7.44. The van der Waals surface area contributed by atoms with Crippen molar-refractivity contribution in [3.63, 3.8) is 0 Å².